The van der Waals surface area contributed by atoms with Crippen LogP contribution in [0.15, 0.2) is 47.6 Å². The van der Waals surface area contributed by atoms with Crippen LogP contribution < -0.4 is 0 Å². The first kappa shape index (κ1) is 34.6. The lowest BCUT2D eigenvalue weighted by Crippen LogP contribution is -2.56. The second-order valence-corrected chi connectivity index (χ2v) is 12.3. The number of rotatable bonds is 19. The van der Waals surface area contributed by atoms with Crippen LogP contribution in [-0.2, 0) is 18.9 Å². The molecule has 2 heterocycles. The predicted molar refractivity (Wildman–Crippen MR) is 167 cm³/mol. The Hall–Kier alpha value is -1.93. The molecule has 9 atom stereocenters. The molecule has 0 saturated carbocycles. The Kier molecular flexibility index (Phi) is 15.9. The van der Waals surface area contributed by atoms with E-state index in [1.807, 2.05) is 37.3 Å². The van der Waals surface area contributed by atoms with Crippen molar-refractivity contribution in [1.82, 2.24) is 0 Å². The Bertz CT molecular complexity index is 938. The van der Waals surface area contributed by atoms with Gasteiger partial charge in [-0.3, -0.25) is 0 Å². The van der Waals surface area contributed by atoms with Crippen LogP contribution in [0, 0.1) is 17.8 Å². The van der Waals surface area contributed by atoms with Crippen molar-refractivity contribution in [2.45, 2.75) is 135 Å². The minimum absolute atomic E-state index is 0.0473. The zero-order valence-electron chi connectivity index (χ0n) is 26.4. The summed E-state index contributed by atoms with van der Waals surface area (Å²) in [6.45, 7) is 8.98. The van der Waals surface area contributed by atoms with Crippen molar-refractivity contribution >= 4 is 0 Å². The van der Waals surface area contributed by atoms with Gasteiger partial charge < -0.3 is 24.1 Å². The number of benzene rings is 1. The Morgan fingerprint density at radius 2 is 1.69 bits per heavy atom. The summed E-state index contributed by atoms with van der Waals surface area (Å²) >= 11 is 0. The van der Waals surface area contributed by atoms with Crippen LogP contribution in [0.3, 0.4) is 0 Å². The molecule has 0 aromatic heterocycles. The maximum atomic E-state index is 11.0. The SMILES string of the molecule is CCCCCCCCCCCC=CC[C@@H](C)[C@@H](O)C(COC1OC2COC(c3ccccc3)OC2C(C)C1C)N=[N+]=[N-]. The van der Waals surface area contributed by atoms with E-state index in [1.165, 1.54) is 57.8 Å². The van der Waals surface area contributed by atoms with E-state index in [0.29, 0.717) is 6.61 Å². The zero-order valence-corrected chi connectivity index (χ0v) is 26.4. The first-order valence-electron chi connectivity index (χ1n) is 16.4. The van der Waals surface area contributed by atoms with Gasteiger partial charge in [-0.15, -0.1) is 0 Å². The summed E-state index contributed by atoms with van der Waals surface area (Å²) < 4.78 is 24.7. The Morgan fingerprint density at radius 3 is 2.38 bits per heavy atom. The maximum absolute atomic E-state index is 11.0. The molecule has 2 aliphatic heterocycles. The van der Waals surface area contributed by atoms with Gasteiger partial charge in [-0.2, -0.15) is 0 Å². The number of ether oxygens (including phenoxy) is 4. The van der Waals surface area contributed by atoms with Gasteiger partial charge in [0, 0.05) is 16.4 Å². The number of nitrogens with zero attached hydrogens (tertiary/aromatic N) is 3. The summed E-state index contributed by atoms with van der Waals surface area (Å²) in [6.07, 6.45) is 16.0. The molecule has 8 heteroatoms. The van der Waals surface area contributed by atoms with Crippen molar-refractivity contribution in [2.75, 3.05) is 13.2 Å². The molecule has 0 spiro atoms. The maximum Gasteiger partial charge on any atom is 0.184 e. The van der Waals surface area contributed by atoms with Gasteiger partial charge in [0.15, 0.2) is 12.6 Å². The minimum Gasteiger partial charge on any atom is -0.392 e. The molecule has 1 aromatic rings. The lowest BCUT2D eigenvalue weighted by atomic mass is 9.84. The Morgan fingerprint density at radius 1 is 1.00 bits per heavy atom. The standard InChI is InChI=1S/C34H55N3O5/c1-5-6-7-8-9-10-11-12-13-14-15-17-20-25(2)31(38)29(36-37-35)23-39-33-27(4)26(3)32-30(41-33)24-40-34(42-32)28-21-18-16-19-22-28/h15-19,21-22,25-27,29-34,38H,5-14,20,23-24H2,1-4H3/t25-,26?,27?,29?,30?,31-,32?,33?,34?/m1/s1. The van der Waals surface area contributed by atoms with Gasteiger partial charge in [0.25, 0.3) is 0 Å². The van der Waals surface area contributed by atoms with Gasteiger partial charge in [0.2, 0.25) is 0 Å². The van der Waals surface area contributed by atoms with Crippen molar-refractivity contribution in [2.24, 2.45) is 22.9 Å². The van der Waals surface area contributed by atoms with Crippen LogP contribution in [0.5, 0.6) is 0 Å². The fraction of sp³-hybridized carbons (Fsp3) is 0.765. The van der Waals surface area contributed by atoms with Gasteiger partial charge >= 0.3 is 0 Å². The molecule has 236 valence electrons. The average molecular weight is 586 g/mol. The van der Waals surface area contributed by atoms with Crippen LogP contribution >= 0.6 is 0 Å². The molecule has 0 amide bonds. The quantitative estimate of drug-likeness (QED) is 0.0575. The molecule has 1 N–H and O–H groups in total. The van der Waals surface area contributed by atoms with Gasteiger partial charge in [0.1, 0.15) is 6.10 Å². The summed E-state index contributed by atoms with van der Waals surface area (Å²) in [5.74, 6) is 0.152. The molecule has 0 bridgehead atoms. The third-order valence-corrected chi connectivity index (χ3v) is 8.97. The summed E-state index contributed by atoms with van der Waals surface area (Å²) in [6, 6.07) is 9.25. The van der Waals surface area contributed by atoms with E-state index in [9.17, 15) is 10.6 Å². The fourth-order valence-electron chi connectivity index (χ4n) is 5.93. The number of aliphatic hydroxyl groups excluding tert-OH is 1. The largest absolute Gasteiger partial charge is 0.392 e. The first-order chi connectivity index (χ1) is 20.5. The molecule has 8 nitrogen and oxygen atoms in total. The highest BCUT2D eigenvalue weighted by molar-refractivity contribution is 5.16. The molecule has 3 rings (SSSR count). The van der Waals surface area contributed by atoms with E-state index in [2.05, 4.69) is 42.9 Å². The van der Waals surface area contributed by atoms with E-state index in [4.69, 9.17) is 18.9 Å². The number of hydrogen-bond donors (Lipinski definition) is 1. The number of unbranched alkanes of at least 4 members (excludes halogenated alkanes) is 9. The van der Waals surface area contributed by atoms with Crippen LogP contribution in [-0.4, -0.2) is 49.0 Å². The van der Waals surface area contributed by atoms with E-state index in [1.54, 1.807) is 0 Å². The van der Waals surface area contributed by atoms with Gasteiger partial charge in [-0.1, -0.05) is 127 Å². The van der Waals surface area contributed by atoms with Crippen molar-refractivity contribution in [3.8, 4) is 0 Å². The zero-order chi connectivity index (χ0) is 30.2. The highest BCUT2D eigenvalue weighted by Crippen LogP contribution is 2.39. The van der Waals surface area contributed by atoms with Crippen LogP contribution in [0.4, 0.5) is 0 Å². The number of allylic oxidation sites excluding steroid dienone is 2. The molecular formula is C34H55N3O5. The molecule has 2 fully saturated rings. The highest BCUT2D eigenvalue weighted by atomic mass is 16.7. The van der Waals surface area contributed by atoms with E-state index < -0.39 is 24.7 Å². The van der Waals surface area contributed by atoms with Crippen molar-refractivity contribution in [3.63, 3.8) is 0 Å². The fourth-order valence-corrected chi connectivity index (χ4v) is 5.93. The van der Waals surface area contributed by atoms with E-state index >= 15 is 0 Å². The summed E-state index contributed by atoms with van der Waals surface area (Å²) in [7, 11) is 0. The van der Waals surface area contributed by atoms with Crippen LogP contribution in [0.25, 0.3) is 10.4 Å². The normalized spacial score (nSPS) is 28.1. The number of aliphatic hydroxyl groups is 1. The molecule has 2 aliphatic rings. The van der Waals surface area contributed by atoms with Crippen LogP contribution in [0.1, 0.15) is 110 Å². The smallest absolute Gasteiger partial charge is 0.184 e. The first-order valence-corrected chi connectivity index (χ1v) is 16.4. The van der Waals surface area contributed by atoms with Crippen molar-refractivity contribution in [1.29, 1.82) is 0 Å². The predicted octanol–water partition coefficient (Wildman–Crippen LogP) is 8.66. The molecule has 7 unspecified atom stereocenters. The number of hydrogen-bond acceptors (Lipinski definition) is 6. The molecular weight excluding hydrogens is 530 g/mol. The topological polar surface area (TPSA) is 106 Å². The third-order valence-electron chi connectivity index (χ3n) is 8.97. The van der Waals surface area contributed by atoms with Crippen LogP contribution in [0.2, 0.25) is 0 Å². The molecule has 0 radical (unpaired) electrons. The van der Waals surface area contributed by atoms with E-state index in [-0.39, 0.29) is 36.6 Å². The summed E-state index contributed by atoms with van der Waals surface area (Å²) in [5, 5.41) is 14.9. The third kappa shape index (κ3) is 11.0. The monoisotopic (exact) mass is 585 g/mol. The van der Waals surface area contributed by atoms with Crippen molar-refractivity contribution < 1.29 is 24.1 Å². The van der Waals surface area contributed by atoms with Gasteiger partial charge in [-0.05, 0) is 36.6 Å². The molecule has 2 saturated heterocycles. The summed E-state index contributed by atoms with van der Waals surface area (Å²) in [4.78, 5) is 2.99. The van der Waals surface area contributed by atoms with Gasteiger partial charge in [0.05, 0.1) is 31.5 Å². The minimum atomic E-state index is -0.810. The Balaban J connectivity index is 1.38. The Labute approximate surface area is 253 Å². The lowest BCUT2D eigenvalue weighted by molar-refractivity contribution is -0.343. The molecule has 0 aliphatic carbocycles. The van der Waals surface area contributed by atoms with E-state index in [0.717, 1.165) is 18.4 Å². The highest BCUT2D eigenvalue weighted by Gasteiger charge is 2.46. The second-order valence-electron chi connectivity index (χ2n) is 12.3. The lowest BCUT2D eigenvalue weighted by Gasteiger charge is -2.48. The molecule has 42 heavy (non-hydrogen) atoms. The number of azide groups is 1. The number of fused-ring (bicyclic) bond motifs is 1. The second kappa shape index (κ2) is 19.4. The summed E-state index contributed by atoms with van der Waals surface area (Å²) in [5.41, 5.74) is 10.2. The average Bonchev–Trinajstić information content (AvgIpc) is 3.01. The molecule has 1 aromatic carbocycles. The van der Waals surface area contributed by atoms with Crippen molar-refractivity contribution in [3.05, 3.63) is 58.5 Å². The van der Waals surface area contributed by atoms with Gasteiger partial charge in [-0.25, -0.2) is 0 Å².